The zero-order valence-corrected chi connectivity index (χ0v) is 7.34. The van der Waals surface area contributed by atoms with Gasteiger partial charge in [-0.25, -0.2) is 4.98 Å². The summed E-state index contributed by atoms with van der Waals surface area (Å²) in [4.78, 5) is 2.93. The lowest BCUT2D eigenvalue weighted by atomic mass is 10.4. The molecule has 0 aliphatic rings. The monoisotopic (exact) mass is 236 g/mol. The van der Waals surface area contributed by atoms with Crippen LogP contribution in [0.25, 0.3) is 0 Å². The highest BCUT2D eigenvalue weighted by Crippen LogP contribution is 1.97. The van der Waals surface area contributed by atoms with Gasteiger partial charge in [0.05, 0.1) is 0 Å². The molecule has 0 unspecified atom stereocenters. The van der Waals surface area contributed by atoms with Gasteiger partial charge in [0.15, 0.2) is 12.4 Å². The molecule has 1 aromatic heterocycles. The molecule has 3 heteroatoms. The molecular weight excluding hydrogens is 227 g/mol. The van der Waals surface area contributed by atoms with Crippen LogP contribution < -0.4 is 34.3 Å². The topological polar surface area (TPSA) is 26.2 Å². The number of aromatic nitrogens is 1. The number of anilines is 1. The molecule has 0 saturated heterocycles. The van der Waals surface area contributed by atoms with Crippen molar-refractivity contribution in [3.05, 3.63) is 24.5 Å². The van der Waals surface area contributed by atoms with Crippen molar-refractivity contribution in [1.29, 1.82) is 0 Å². The van der Waals surface area contributed by atoms with Crippen molar-refractivity contribution in [2.24, 2.45) is 0 Å². The van der Waals surface area contributed by atoms with Crippen LogP contribution in [0.5, 0.6) is 0 Å². The van der Waals surface area contributed by atoms with Gasteiger partial charge >= 0.3 is 0 Å². The minimum Gasteiger partial charge on any atom is -1.00 e. The van der Waals surface area contributed by atoms with Crippen molar-refractivity contribution in [3.63, 3.8) is 0 Å². The zero-order valence-electron chi connectivity index (χ0n) is 5.19. The van der Waals surface area contributed by atoms with E-state index in [4.69, 9.17) is 0 Å². The van der Waals surface area contributed by atoms with Crippen molar-refractivity contribution < 1.29 is 29.0 Å². The molecule has 2 N–H and O–H groups in total. The van der Waals surface area contributed by atoms with Gasteiger partial charge in [0, 0.05) is 24.9 Å². The van der Waals surface area contributed by atoms with E-state index in [1.54, 1.807) is 0 Å². The average molecular weight is 236 g/mol. The maximum atomic E-state index is 3.01. The van der Waals surface area contributed by atoms with Crippen molar-refractivity contribution in [2.75, 3.05) is 12.4 Å². The molecule has 0 spiro atoms. The van der Waals surface area contributed by atoms with Gasteiger partial charge in [-0.15, -0.1) is 0 Å². The van der Waals surface area contributed by atoms with Crippen molar-refractivity contribution in [3.8, 4) is 0 Å². The molecule has 0 saturated carbocycles. The van der Waals surface area contributed by atoms with Crippen LogP contribution >= 0.6 is 0 Å². The van der Waals surface area contributed by atoms with Crippen LogP contribution in [-0.2, 0) is 0 Å². The number of rotatable bonds is 1. The fourth-order valence-electron chi connectivity index (χ4n) is 0.554. The Morgan fingerprint density at radius 3 is 2.22 bits per heavy atom. The Kier molecular flexibility index (Phi) is 4.39. The standard InChI is InChI=1S/C6H8N2.HI/c1-7-6-2-4-8-5-3-6;/h2-5H,1H3,(H,7,8);1H. The molecule has 0 aromatic carbocycles. The van der Waals surface area contributed by atoms with E-state index in [2.05, 4.69) is 10.3 Å². The average Bonchev–Trinajstić information content (AvgIpc) is 1.90. The van der Waals surface area contributed by atoms with Gasteiger partial charge in [-0.1, -0.05) is 0 Å². The summed E-state index contributed by atoms with van der Waals surface area (Å²) in [6.07, 6.45) is 3.76. The molecule has 50 valence electrons. The maximum absolute atomic E-state index is 3.01. The number of halogens is 1. The molecule has 0 atom stereocenters. The van der Waals surface area contributed by atoms with Gasteiger partial charge < -0.3 is 29.3 Å². The maximum Gasteiger partial charge on any atom is 0.169 e. The Hall–Kier alpha value is -0.320. The van der Waals surface area contributed by atoms with Crippen molar-refractivity contribution >= 4 is 5.69 Å². The van der Waals surface area contributed by atoms with Gasteiger partial charge in [-0.2, -0.15) is 0 Å². The highest BCUT2D eigenvalue weighted by atomic mass is 127. The molecule has 2 nitrogen and oxygen atoms in total. The SMILES string of the molecule is CNc1cc[nH+]cc1.[I-]. The van der Waals surface area contributed by atoms with Crippen LogP contribution in [0.4, 0.5) is 5.69 Å². The fraction of sp³-hybridized carbons (Fsp3) is 0.167. The molecule has 1 heterocycles. The summed E-state index contributed by atoms with van der Waals surface area (Å²) in [6, 6.07) is 3.94. The largest absolute Gasteiger partial charge is 1.00 e. The third kappa shape index (κ3) is 2.64. The Morgan fingerprint density at radius 1 is 1.33 bits per heavy atom. The number of hydrogen-bond donors (Lipinski definition) is 1. The summed E-state index contributed by atoms with van der Waals surface area (Å²) in [5, 5.41) is 3.01. The van der Waals surface area contributed by atoms with Crippen LogP contribution in [-0.4, -0.2) is 7.05 Å². The number of H-pyrrole nitrogens is 1. The second-order valence-electron chi connectivity index (χ2n) is 1.54. The van der Waals surface area contributed by atoms with E-state index in [1.807, 2.05) is 31.6 Å². The van der Waals surface area contributed by atoms with Crippen LogP contribution in [0.1, 0.15) is 0 Å². The minimum atomic E-state index is 0. The first-order chi connectivity index (χ1) is 3.93. The molecule has 9 heavy (non-hydrogen) atoms. The summed E-state index contributed by atoms with van der Waals surface area (Å²) < 4.78 is 0. The van der Waals surface area contributed by atoms with Crippen LogP contribution in [0.3, 0.4) is 0 Å². The normalized spacial score (nSPS) is 7.67. The molecule has 0 fully saturated rings. The summed E-state index contributed by atoms with van der Waals surface area (Å²) in [7, 11) is 1.90. The lowest BCUT2D eigenvalue weighted by Crippen LogP contribution is -3.00. The number of aromatic amines is 1. The molecule has 0 aliphatic carbocycles. The predicted octanol–water partition coefficient (Wildman–Crippen LogP) is -2.45. The van der Waals surface area contributed by atoms with Crippen LogP contribution in [0, 0.1) is 0 Å². The lowest BCUT2D eigenvalue weighted by Gasteiger charge is -1.90. The fourth-order valence-corrected chi connectivity index (χ4v) is 0.554. The van der Waals surface area contributed by atoms with Crippen LogP contribution in [0.15, 0.2) is 24.5 Å². The first kappa shape index (κ1) is 8.68. The van der Waals surface area contributed by atoms with E-state index in [-0.39, 0.29) is 24.0 Å². The van der Waals surface area contributed by atoms with E-state index in [9.17, 15) is 0 Å². The Bertz CT molecular complexity index is 152. The molecule has 0 aliphatic heterocycles. The van der Waals surface area contributed by atoms with Gasteiger partial charge in [0.2, 0.25) is 0 Å². The Labute approximate surface area is 71.7 Å². The summed E-state index contributed by atoms with van der Waals surface area (Å²) in [5.41, 5.74) is 1.13. The van der Waals surface area contributed by atoms with Gasteiger partial charge in [-0.3, -0.25) is 0 Å². The smallest absolute Gasteiger partial charge is 0.169 e. The second-order valence-corrected chi connectivity index (χ2v) is 1.54. The first-order valence-electron chi connectivity index (χ1n) is 2.57. The third-order valence-corrected chi connectivity index (χ3v) is 1.01. The first-order valence-corrected chi connectivity index (χ1v) is 2.57. The third-order valence-electron chi connectivity index (χ3n) is 1.01. The predicted molar refractivity (Wildman–Crippen MR) is 32.5 cm³/mol. The summed E-state index contributed by atoms with van der Waals surface area (Å²) in [5.74, 6) is 0. The van der Waals surface area contributed by atoms with Crippen molar-refractivity contribution in [2.45, 2.75) is 0 Å². The van der Waals surface area contributed by atoms with E-state index in [0.717, 1.165) is 5.69 Å². The second kappa shape index (κ2) is 4.55. The molecule has 1 aromatic rings. The molecule has 0 amide bonds. The van der Waals surface area contributed by atoms with Crippen molar-refractivity contribution in [1.82, 2.24) is 0 Å². The van der Waals surface area contributed by atoms with Gasteiger partial charge in [-0.05, 0) is 0 Å². The zero-order chi connectivity index (χ0) is 5.82. The number of hydrogen-bond acceptors (Lipinski definition) is 1. The van der Waals surface area contributed by atoms with Gasteiger partial charge in [0.1, 0.15) is 0 Å². The summed E-state index contributed by atoms with van der Waals surface area (Å²) >= 11 is 0. The number of pyridine rings is 1. The van der Waals surface area contributed by atoms with E-state index < -0.39 is 0 Å². The summed E-state index contributed by atoms with van der Waals surface area (Å²) in [6.45, 7) is 0. The molecule has 0 radical (unpaired) electrons. The Morgan fingerprint density at radius 2 is 1.89 bits per heavy atom. The highest BCUT2D eigenvalue weighted by Gasteiger charge is 1.83. The van der Waals surface area contributed by atoms with Gasteiger partial charge in [0.25, 0.3) is 0 Å². The highest BCUT2D eigenvalue weighted by molar-refractivity contribution is 5.38. The van der Waals surface area contributed by atoms with E-state index >= 15 is 0 Å². The molecular formula is C6H9IN2. The van der Waals surface area contributed by atoms with E-state index in [0.29, 0.717) is 0 Å². The molecule has 0 bridgehead atoms. The van der Waals surface area contributed by atoms with E-state index in [1.165, 1.54) is 0 Å². The minimum absolute atomic E-state index is 0. The van der Waals surface area contributed by atoms with Crippen LogP contribution in [0.2, 0.25) is 0 Å². The Balaban J connectivity index is 0.000000640. The lowest BCUT2D eigenvalue weighted by molar-refractivity contribution is -0.377. The quantitative estimate of drug-likeness (QED) is 0.538. The number of nitrogens with one attached hydrogen (secondary N) is 2. The molecule has 1 rings (SSSR count).